The molecule has 1 aliphatic carbocycles. The predicted octanol–water partition coefficient (Wildman–Crippen LogP) is 1.10. The molecule has 0 aliphatic heterocycles. The van der Waals surface area contributed by atoms with Crippen LogP contribution in [0.4, 0.5) is 0 Å². The van der Waals surface area contributed by atoms with Gasteiger partial charge in [-0.1, -0.05) is 42.5 Å². The molecule has 0 aromatic heterocycles. The Morgan fingerprint density at radius 1 is 1.12 bits per heavy atom. The molecule has 1 aromatic rings. The monoisotopic (exact) mass is 229 g/mol. The second-order valence-corrected chi connectivity index (χ2v) is 4.19. The van der Waals surface area contributed by atoms with Gasteiger partial charge in [-0.3, -0.25) is 10.6 Å². The van der Waals surface area contributed by atoms with Crippen LogP contribution < -0.4 is 16.4 Å². The maximum atomic E-state index is 6.37. The summed E-state index contributed by atoms with van der Waals surface area (Å²) >= 11 is 0. The van der Waals surface area contributed by atoms with Gasteiger partial charge in [-0.05, 0) is 31.3 Å². The van der Waals surface area contributed by atoms with Crippen molar-refractivity contribution in [2.75, 3.05) is 14.1 Å². The Morgan fingerprint density at radius 3 is 2.35 bits per heavy atom. The number of allylic oxidation sites excluding steroid dienone is 2. The number of likely N-dealkylation sites (N-methyl/N-ethyl adjacent to an activating group) is 2. The average Bonchev–Trinajstić information content (AvgIpc) is 2.40. The molecule has 0 fully saturated rings. The molecule has 90 valence electrons. The highest BCUT2D eigenvalue weighted by Crippen LogP contribution is 2.27. The van der Waals surface area contributed by atoms with Crippen molar-refractivity contribution >= 4 is 5.57 Å². The zero-order valence-corrected chi connectivity index (χ0v) is 10.3. The van der Waals surface area contributed by atoms with Crippen LogP contribution in [-0.2, 0) is 0 Å². The van der Waals surface area contributed by atoms with Gasteiger partial charge < -0.3 is 5.73 Å². The second-order valence-electron chi connectivity index (χ2n) is 4.19. The van der Waals surface area contributed by atoms with E-state index in [4.69, 9.17) is 5.73 Å². The molecule has 3 nitrogen and oxygen atoms in total. The van der Waals surface area contributed by atoms with Crippen molar-refractivity contribution in [2.45, 2.75) is 11.7 Å². The van der Waals surface area contributed by atoms with Crippen molar-refractivity contribution in [1.82, 2.24) is 10.6 Å². The van der Waals surface area contributed by atoms with E-state index in [1.807, 2.05) is 38.4 Å². The van der Waals surface area contributed by atoms with Gasteiger partial charge in [0.25, 0.3) is 0 Å². The van der Waals surface area contributed by atoms with E-state index in [0.29, 0.717) is 0 Å². The number of nitrogens with one attached hydrogen (secondary N) is 2. The topological polar surface area (TPSA) is 50.1 Å². The third kappa shape index (κ3) is 2.05. The fourth-order valence-corrected chi connectivity index (χ4v) is 2.27. The molecule has 1 atom stereocenters. The van der Waals surface area contributed by atoms with E-state index in [0.717, 1.165) is 5.57 Å². The van der Waals surface area contributed by atoms with E-state index in [-0.39, 0.29) is 11.7 Å². The summed E-state index contributed by atoms with van der Waals surface area (Å²) < 4.78 is 0. The highest BCUT2D eigenvalue weighted by molar-refractivity contribution is 5.74. The summed E-state index contributed by atoms with van der Waals surface area (Å²) in [6.45, 7) is 0. The molecule has 2 rings (SSSR count). The van der Waals surface area contributed by atoms with Crippen LogP contribution in [0.15, 0.2) is 48.6 Å². The first-order valence-electron chi connectivity index (χ1n) is 5.82. The lowest BCUT2D eigenvalue weighted by molar-refractivity contribution is 0.344. The van der Waals surface area contributed by atoms with Gasteiger partial charge in [0.05, 0.1) is 6.04 Å². The van der Waals surface area contributed by atoms with Crippen molar-refractivity contribution in [3.05, 3.63) is 54.1 Å². The van der Waals surface area contributed by atoms with Gasteiger partial charge in [0, 0.05) is 0 Å². The summed E-state index contributed by atoms with van der Waals surface area (Å²) in [7, 11) is 3.82. The second kappa shape index (κ2) is 4.84. The Labute approximate surface area is 102 Å². The average molecular weight is 229 g/mol. The Hall–Kier alpha value is -1.42. The van der Waals surface area contributed by atoms with Crippen LogP contribution in [-0.4, -0.2) is 25.8 Å². The molecular formula is C14H19N3. The van der Waals surface area contributed by atoms with Gasteiger partial charge in [0.15, 0.2) is 0 Å². The van der Waals surface area contributed by atoms with E-state index < -0.39 is 0 Å². The van der Waals surface area contributed by atoms with Crippen LogP contribution in [0.2, 0.25) is 0 Å². The quantitative estimate of drug-likeness (QED) is 0.680. The van der Waals surface area contributed by atoms with Crippen LogP contribution in [0.3, 0.4) is 0 Å². The molecule has 0 amide bonds. The van der Waals surface area contributed by atoms with Gasteiger partial charge in [0.1, 0.15) is 5.66 Å². The minimum absolute atomic E-state index is 0.120. The van der Waals surface area contributed by atoms with Crippen molar-refractivity contribution in [3.8, 4) is 0 Å². The van der Waals surface area contributed by atoms with Crippen molar-refractivity contribution in [1.29, 1.82) is 0 Å². The maximum Gasteiger partial charge on any atom is 0.108 e. The first-order chi connectivity index (χ1) is 8.23. The zero-order chi connectivity index (χ0) is 12.3. The molecule has 0 spiro atoms. The Morgan fingerprint density at radius 2 is 1.76 bits per heavy atom. The minimum atomic E-state index is -0.375. The SMILES string of the molecule is CNC1(NC)C=CC=C(c2ccccc2)C1N. The largest absolute Gasteiger partial charge is 0.321 e. The lowest BCUT2D eigenvalue weighted by atomic mass is 9.85. The molecule has 0 radical (unpaired) electrons. The van der Waals surface area contributed by atoms with Crippen LogP contribution in [0.1, 0.15) is 5.56 Å². The highest BCUT2D eigenvalue weighted by Gasteiger charge is 2.35. The lowest BCUT2D eigenvalue weighted by Gasteiger charge is -2.39. The molecule has 0 heterocycles. The predicted molar refractivity (Wildman–Crippen MR) is 72.4 cm³/mol. The molecule has 17 heavy (non-hydrogen) atoms. The third-order valence-electron chi connectivity index (χ3n) is 3.39. The van der Waals surface area contributed by atoms with Gasteiger partial charge in [-0.2, -0.15) is 0 Å². The summed E-state index contributed by atoms with van der Waals surface area (Å²) in [6, 6.07) is 10.1. The smallest absolute Gasteiger partial charge is 0.108 e. The molecular weight excluding hydrogens is 210 g/mol. The number of hydrogen-bond acceptors (Lipinski definition) is 3. The van der Waals surface area contributed by atoms with E-state index in [2.05, 4.69) is 34.9 Å². The number of nitrogens with two attached hydrogens (primary N) is 1. The minimum Gasteiger partial charge on any atom is -0.321 e. The number of rotatable bonds is 3. The van der Waals surface area contributed by atoms with Crippen LogP contribution in [0.5, 0.6) is 0 Å². The summed E-state index contributed by atoms with van der Waals surface area (Å²) in [5.41, 5.74) is 8.29. The lowest BCUT2D eigenvalue weighted by Crippen LogP contribution is -2.64. The van der Waals surface area contributed by atoms with Crippen LogP contribution in [0.25, 0.3) is 5.57 Å². The number of hydrogen-bond donors (Lipinski definition) is 3. The van der Waals surface area contributed by atoms with Crippen LogP contribution in [0, 0.1) is 0 Å². The molecule has 1 unspecified atom stereocenters. The maximum absolute atomic E-state index is 6.37. The van der Waals surface area contributed by atoms with Gasteiger partial charge in [0.2, 0.25) is 0 Å². The molecule has 0 saturated carbocycles. The van der Waals surface area contributed by atoms with Crippen molar-refractivity contribution in [3.63, 3.8) is 0 Å². The fourth-order valence-electron chi connectivity index (χ4n) is 2.27. The van der Waals surface area contributed by atoms with E-state index in [9.17, 15) is 0 Å². The molecule has 3 heteroatoms. The van der Waals surface area contributed by atoms with E-state index >= 15 is 0 Å². The molecule has 1 aliphatic rings. The summed E-state index contributed by atoms with van der Waals surface area (Å²) in [4.78, 5) is 0. The van der Waals surface area contributed by atoms with Crippen LogP contribution >= 0.6 is 0 Å². The number of benzene rings is 1. The first kappa shape index (κ1) is 12.0. The fraction of sp³-hybridized carbons (Fsp3) is 0.286. The highest BCUT2D eigenvalue weighted by atomic mass is 15.2. The standard InChI is InChI=1S/C14H19N3/c1-16-14(17-2)10-6-9-12(13(14)15)11-7-4-3-5-8-11/h3-10,13,16-17H,15H2,1-2H3. The summed E-state index contributed by atoms with van der Waals surface area (Å²) in [5.74, 6) is 0. The van der Waals surface area contributed by atoms with Gasteiger partial charge in [-0.25, -0.2) is 0 Å². The molecule has 0 bridgehead atoms. The normalized spacial score (nSPS) is 22.3. The Kier molecular flexibility index (Phi) is 3.43. The van der Waals surface area contributed by atoms with E-state index in [1.54, 1.807) is 0 Å². The van der Waals surface area contributed by atoms with Crippen molar-refractivity contribution in [2.24, 2.45) is 5.73 Å². The third-order valence-corrected chi connectivity index (χ3v) is 3.39. The molecule has 0 saturated heterocycles. The van der Waals surface area contributed by atoms with E-state index in [1.165, 1.54) is 5.56 Å². The Bertz CT molecular complexity index is 430. The zero-order valence-electron chi connectivity index (χ0n) is 10.3. The summed E-state index contributed by atoms with van der Waals surface area (Å²) in [5, 5.41) is 6.51. The summed E-state index contributed by atoms with van der Waals surface area (Å²) in [6.07, 6.45) is 6.18. The molecule has 4 N–H and O–H groups in total. The molecule has 1 aromatic carbocycles. The van der Waals surface area contributed by atoms with Gasteiger partial charge >= 0.3 is 0 Å². The van der Waals surface area contributed by atoms with Gasteiger partial charge in [-0.15, -0.1) is 0 Å². The first-order valence-corrected chi connectivity index (χ1v) is 5.82. The van der Waals surface area contributed by atoms with Crippen molar-refractivity contribution < 1.29 is 0 Å². The Balaban J connectivity index is 2.38.